The molecule has 0 aliphatic heterocycles. The fourth-order valence-corrected chi connectivity index (χ4v) is 2.91. The maximum atomic E-state index is 12.1. The number of methoxy groups -OCH3 is 1. The van der Waals surface area contributed by atoms with Crippen molar-refractivity contribution in [2.45, 2.75) is 33.7 Å². The Morgan fingerprint density at radius 1 is 1.30 bits per heavy atom. The number of ether oxygens (including phenoxy) is 1. The normalized spacial score (nSPS) is 11.0. The Labute approximate surface area is 142 Å². The number of carbonyl (C=O) groups is 1. The molecule has 4 nitrogen and oxygen atoms in total. The van der Waals surface area contributed by atoms with Crippen molar-refractivity contribution in [3.63, 3.8) is 0 Å². The monoisotopic (exact) mass is 334 g/mol. The molecule has 0 unspecified atom stereocenters. The lowest BCUT2D eigenvalue weighted by atomic mass is 10.1. The summed E-state index contributed by atoms with van der Waals surface area (Å²) >= 11 is 6.36. The van der Waals surface area contributed by atoms with Gasteiger partial charge in [0.25, 0.3) is 0 Å². The second-order valence-corrected chi connectivity index (χ2v) is 6.11. The van der Waals surface area contributed by atoms with Gasteiger partial charge in [-0.25, -0.2) is 4.98 Å². The first-order chi connectivity index (χ1) is 11.0. The van der Waals surface area contributed by atoms with Gasteiger partial charge in [-0.3, -0.25) is 4.79 Å². The minimum absolute atomic E-state index is 0.0821. The van der Waals surface area contributed by atoms with Crippen LogP contribution >= 0.6 is 11.6 Å². The van der Waals surface area contributed by atoms with Crippen molar-refractivity contribution in [3.05, 3.63) is 40.0 Å². The topological polar surface area (TPSA) is 42.4 Å². The van der Waals surface area contributed by atoms with Crippen LogP contribution in [0.1, 0.15) is 30.0 Å². The van der Waals surface area contributed by atoms with E-state index in [2.05, 4.69) is 24.0 Å². The lowest BCUT2D eigenvalue weighted by Crippen LogP contribution is -2.33. The van der Waals surface area contributed by atoms with Crippen molar-refractivity contribution in [2.24, 2.45) is 0 Å². The molecule has 0 N–H and O–H groups in total. The fourth-order valence-electron chi connectivity index (χ4n) is 2.71. The number of fused-ring (bicyclic) bond motifs is 1. The summed E-state index contributed by atoms with van der Waals surface area (Å²) in [5.74, 6) is 0.0821. The summed E-state index contributed by atoms with van der Waals surface area (Å²) in [7, 11) is 1.63. The Morgan fingerprint density at radius 2 is 2.04 bits per heavy atom. The number of amides is 1. The third kappa shape index (κ3) is 4.21. The maximum absolute atomic E-state index is 12.1. The molecule has 0 fully saturated rings. The fraction of sp³-hybridized carbons (Fsp3) is 0.444. The van der Waals surface area contributed by atoms with Crippen LogP contribution in [0.15, 0.2) is 18.2 Å². The summed E-state index contributed by atoms with van der Waals surface area (Å²) in [6.45, 7) is 7.45. The Balaban J connectivity index is 2.37. The number of hydrogen-bond acceptors (Lipinski definition) is 3. The zero-order valence-corrected chi connectivity index (χ0v) is 14.9. The molecule has 0 bridgehead atoms. The number of aromatic nitrogens is 1. The zero-order chi connectivity index (χ0) is 17.0. The van der Waals surface area contributed by atoms with Crippen LogP contribution in [0.5, 0.6) is 0 Å². The summed E-state index contributed by atoms with van der Waals surface area (Å²) in [4.78, 5) is 18.4. The molecular weight excluding hydrogens is 312 g/mol. The van der Waals surface area contributed by atoms with Crippen LogP contribution in [0.4, 0.5) is 0 Å². The van der Waals surface area contributed by atoms with E-state index in [4.69, 9.17) is 16.3 Å². The number of pyridine rings is 1. The van der Waals surface area contributed by atoms with Gasteiger partial charge >= 0.3 is 0 Å². The minimum atomic E-state index is 0.0821. The lowest BCUT2D eigenvalue weighted by molar-refractivity contribution is -0.132. The third-order valence-electron chi connectivity index (χ3n) is 3.86. The number of hydrogen-bond donors (Lipinski definition) is 0. The molecule has 0 saturated carbocycles. The summed E-state index contributed by atoms with van der Waals surface area (Å²) in [5, 5.41) is 1.51. The molecule has 0 spiro atoms. The van der Waals surface area contributed by atoms with E-state index in [1.54, 1.807) is 12.0 Å². The van der Waals surface area contributed by atoms with Gasteiger partial charge < -0.3 is 9.64 Å². The average molecular weight is 335 g/mol. The number of carbonyl (C=O) groups excluding carboxylic acids is 1. The predicted molar refractivity (Wildman–Crippen MR) is 93.8 cm³/mol. The van der Waals surface area contributed by atoms with Crippen LogP contribution in [0.25, 0.3) is 10.9 Å². The van der Waals surface area contributed by atoms with E-state index in [1.165, 1.54) is 5.56 Å². The van der Waals surface area contributed by atoms with Gasteiger partial charge in [0.15, 0.2) is 0 Å². The number of aryl methyl sites for hydroxylation is 2. The summed E-state index contributed by atoms with van der Waals surface area (Å²) in [6.07, 6.45) is 0.459. The first-order valence-corrected chi connectivity index (χ1v) is 8.17. The van der Waals surface area contributed by atoms with Gasteiger partial charge in [0.2, 0.25) is 5.91 Å². The zero-order valence-electron chi connectivity index (χ0n) is 14.1. The quantitative estimate of drug-likeness (QED) is 0.753. The molecule has 124 valence electrons. The van der Waals surface area contributed by atoms with E-state index in [9.17, 15) is 4.79 Å². The summed E-state index contributed by atoms with van der Waals surface area (Å²) in [6, 6.07) is 6.22. The summed E-state index contributed by atoms with van der Waals surface area (Å²) in [5.41, 5.74) is 4.07. The van der Waals surface area contributed by atoms with Crippen LogP contribution < -0.4 is 0 Å². The van der Waals surface area contributed by atoms with E-state index >= 15 is 0 Å². The molecule has 2 rings (SSSR count). The van der Waals surface area contributed by atoms with Crippen molar-refractivity contribution in [1.29, 1.82) is 0 Å². The third-order valence-corrected chi connectivity index (χ3v) is 4.19. The predicted octanol–water partition coefficient (Wildman–Crippen LogP) is 3.89. The number of benzene rings is 1. The molecule has 1 aromatic carbocycles. The second kappa shape index (κ2) is 7.75. The molecule has 0 aliphatic carbocycles. The van der Waals surface area contributed by atoms with Crippen LogP contribution in [-0.2, 0) is 16.1 Å². The van der Waals surface area contributed by atoms with Gasteiger partial charge in [0.1, 0.15) is 5.15 Å². The van der Waals surface area contributed by atoms with Gasteiger partial charge in [0.05, 0.1) is 12.1 Å². The largest absolute Gasteiger partial charge is 0.383 e. The minimum Gasteiger partial charge on any atom is -0.383 e. The van der Waals surface area contributed by atoms with E-state index in [1.807, 2.05) is 19.9 Å². The van der Waals surface area contributed by atoms with Gasteiger partial charge in [-0.1, -0.05) is 30.2 Å². The lowest BCUT2D eigenvalue weighted by Gasteiger charge is -2.22. The van der Waals surface area contributed by atoms with Gasteiger partial charge in [-0.05, 0) is 31.5 Å². The molecule has 0 radical (unpaired) electrons. The first kappa shape index (κ1) is 17.7. The van der Waals surface area contributed by atoms with Crippen molar-refractivity contribution < 1.29 is 9.53 Å². The average Bonchev–Trinajstić information content (AvgIpc) is 2.51. The van der Waals surface area contributed by atoms with Crippen LogP contribution in [0, 0.1) is 13.8 Å². The molecule has 1 amide bonds. The van der Waals surface area contributed by atoms with Crippen LogP contribution in [0.3, 0.4) is 0 Å². The van der Waals surface area contributed by atoms with E-state index in [0.29, 0.717) is 31.3 Å². The van der Waals surface area contributed by atoms with Crippen LogP contribution in [-0.4, -0.2) is 36.1 Å². The Morgan fingerprint density at radius 3 is 2.70 bits per heavy atom. The van der Waals surface area contributed by atoms with Crippen molar-refractivity contribution in [3.8, 4) is 0 Å². The molecule has 0 aliphatic rings. The Kier molecular flexibility index (Phi) is 5.97. The van der Waals surface area contributed by atoms with Gasteiger partial charge in [-0.2, -0.15) is 0 Å². The maximum Gasteiger partial charge on any atom is 0.222 e. The number of nitrogens with zero attached hydrogens (tertiary/aromatic N) is 2. The van der Waals surface area contributed by atoms with Crippen molar-refractivity contribution in [2.75, 3.05) is 20.3 Å². The van der Waals surface area contributed by atoms with Gasteiger partial charge in [-0.15, -0.1) is 0 Å². The molecule has 0 atom stereocenters. The van der Waals surface area contributed by atoms with E-state index < -0.39 is 0 Å². The summed E-state index contributed by atoms with van der Waals surface area (Å²) < 4.78 is 5.09. The van der Waals surface area contributed by atoms with Crippen molar-refractivity contribution >= 4 is 28.4 Å². The molecule has 5 heteroatoms. The van der Waals surface area contributed by atoms with Crippen molar-refractivity contribution in [1.82, 2.24) is 9.88 Å². The first-order valence-electron chi connectivity index (χ1n) is 7.79. The highest BCUT2D eigenvalue weighted by Gasteiger charge is 2.15. The van der Waals surface area contributed by atoms with E-state index in [-0.39, 0.29) is 5.91 Å². The molecule has 0 saturated heterocycles. The molecular formula is C18H23ClN2O2. The standard InChI is InChI=1S/C18H23ClN2O2/c1-5-16(22)21(6-7-23-4)11-15-10-14-9-12(2)8-13(3)17(14)20-18(15)19/h8-10H,5-7,11H2,1-4H3. The molecule has 1 aromatic heterocycles. The smallest absolute Gasteiger partial charge is 0.222 e. The Bertz CT molecular complexity index is 716. The highest BCUT2D eigenvalue weighted by Crippen LogP contribution is 2.25. The highest BCUT2D eigenvalue weighted by molar-refractivity contribution is 6.30. The Hall–Kier alpha value is -1.65. The molecule has 23 heavy (non-hydrogen) atoms. The van der Waals surface area contributed by atoms with E-state index in [0.717, 1.165) is 22.0 Å². The number of rotatable bonds is 6. The second-order valence-electron chi connectivity index (χ2n) is 5.75. The highest BCUT2D eigenvalue weighted by atomic mass is 35.5. The molecule has 1 heterocycles. The molecule has 2 aromatic rings. The SMILES string of the molecule is CCC(=O)N(CCOC)Cc1cc2cc(C)cc(C)c2nc1Cl. The van der Waals surface area contributed by atoms with Crippen LogP contribution in [0.2, 0.25) is 5.15 Å². The number of halogens is 1. The van der Waals surface area contributed by atoms with Gasteiger partial charge in [0, 0.05) is 37.6 Å².